The molecule has 1 N–H and O–H groups in total. The highest BCUT2D eigenvalue weighted by atomic mass is 16.1. The van der Waals surface area contributed by atoms with E-state index in [9.17, 15) is 4.79 Å². The predicted molar refractivity (Wildman–Crippen MR) is 58.1 cm³/mol. The van der Waals surface area contributed by atoms with Crippen molar-refractivity contribution < 1.29 is 4.79 Å². The zero-order valence-corrected chi connectivity index (χ0v) is 9.76. The second-order valence-electron chi connectivity index (χ2n) is 4.84. The molecule has 1 fully saturated rings. The fourth-order valence-corrected chi connectivity index (χ4v) is 1.82. The van der Waals surface area contributed by atoms with Crippen molar-refractivity contribution in [1.82, 2.24) is 10.2 Å². The Kier molecular flexibility index (Phi) is 3.53. The molecule has 0 spiro atoms. The first-order valence-corrected chi connectivity index (χ1v) is 5.43. The summed E-state index contributed by atoms with van der Waals surface area (Å²) in [6.07, 6.45) is 3.70. The van der Waals surface area contributed by atoms with Crippen molar-refractivity contribution in [2.75, 3.05) is 20.6 Å². The fourth-order valence-electron chi connectivity index (χ4n) is 1.82. The number of hydrogen-bond donors (Lipinski definition) is 1. The molecule has 82 valence electrons. The Morgan fingerprint density at radius 1 is 1.43 bits per heavy atom. The van der Waals surface area contributed by atoms with E-state index in [1.54, 1.807) is 0 Å². The molecule has 0 bridgehead atoms. The fraction of sp³-hybridized carbons (Fsp3) is 0.909. The molecule has 1 saturated carbocycles. The van der Waals surface area contributed by atoms with Crippen LogP contribution in [0.5, 0.6) is 0 Å². The van der Waals surface area contributed by atoms with Gasteiger partial charge in [0.25, 0.3) is 0 Å². The summed E-state index contributed by atoms with van der Waals surface area (Å²) in [5.74, 6) is 0.257. The molecule has 0 aromatic rings. The lowest BCUT2D eigenvalue weighted by atomic mass is 9.75. The van der Waals surface area contributed by atoms with Crippen LogP contribution in [0.2, 0.25) is 0 Å². The summed E-state index contributed by atoms with van der Waals surface area (Å²) < 4.78 is 0. The Balaban J connectivity index is 2.39. The molecule has 14 heavy (non-hydrogen) atoms. The van der Waals surface area contributed by atoms with Crippen molar-refractivity contribution >= 4 is 5.91 Å². The second kappa shape index (κ2) is 4.30. The molecule has 1 amide bonds. The van der Waals surface area contributed by atoms with Crippen LogP contribution in [0.15, 0.2) is 0 Å². The van der Waals surface area contributed by atoms with Crippen molar-refractivity contribution in [3.05, 3.63) is 0 Å². The van der Waals surface area contributed by atoms with E-state index in [0.29, 0.717) is 0 Å². The Bertz CT molecular complexity index is 207. The van der Waals surface area contributed by atoms with E-state index >= 15 is 0 Å². The van der Waals surface area contributed by atoms with Crippen LogP contribution >= 0.6 is 0 Å². The van der Waals surface area contributed by atoms with E-state index in [2.05, 4.69) is 24.3 Å². The topological polar surface area (TPSA) is 32.3 Å². The summed E-state index contributed by atoms with van der Waals surface area (Å²) in [5.41, 5.74) is 0.241. The van der Waals surface area contributed by atoms with Gasteiger partial charge in [0.1, 0.15) is 0 Å². The van der Waals surface area contributed by atoms with Crippen molar-refractivity contribution in [2.24, 2.45) is 5.92 Å². The monoisotopic (exact) mass is 198 g/mol. The van der Waals surface area contributed by atoms with Gasteiger partial charge in [0.05, 0.1) is 0 Å². The normalized spacial score (nSPS) is 19.6. The van der Waals surface area contributed by atoms with Crippen LogP contribution in [-0.2, 0) is 4.79 Å². The van der Waals surface area contributed by atoms with Crippen LogP contribution in [0.25, 0.3) is 0 Å². The highest BCUT2D eigenvalue weighted by molar-refractivity contribution is 5.77. The first kappa shape index (κ1) is 11.5. The maximum Gasteiger partial charge on any atom is 0.222 e. The van der Waals surface area contributed by atoms with Gasteiger partial charge in [0.15, 0.2) is 0 Å². The average Bonchev–Trinajstić information content (AvgIpc) is 2.00. The number of hydrogen-bond acceptors (Lipinski definition) is 2. The Hall–Kier alpha value is -0.570. The minimum absolute atomic E-state index is 0.0919. The highest BCUT2D eigenvalue weighted by Crippen LogP contribution is 2.35. The lowest BCUT2D eigenvalue weighted by Crippen LogP contribution is -2.57. The maximum absolute atomic E-state index is 11.4. The molecule has 0 saturated heterocycles. The molecule has 0 aromatic heterocycles. The molecule has 0 atom stereocenters. The summed E-state index contributed by atoms with van der Waals surface area (Å²) in [7, 11) is 4.20. The van der Waals surface area contributed by atoms with Gasteiger partial charge in [-0.3, -0.25) is 4.79 Å². The second-order valence-corrected chi connectivity index (χ2v) is 4.84. The third-order valence-corrected chi connectivity index (χ3v) is 3.35. The number of nitrogens with zero attached hydrogens (tertiary/aromatic N) is 1. The largest absolute Gasteiger partial charge is 0.354 e. The third-order valence-electron chi connectivity index (χ3n) is 3.35. The van der Waals surface area contributed by atoms with Crippen molar-refractivity contribution in [2.45, 2.75) is 38.6 Å². The Labute approximate surface area is 86.9 Å². The lowest BCUT2D eigenvalue weighted by Gasteiger charge is -2.47. The smallest absolute Gasteiger partial charge is 0.222 e. The van der Waals surface area contributed by atoms with Gasteiger partial charge in [0, 0.05) is 18.0 Å². The molecule has 1 rings (SSSR count). The van der Waals surface area contributed by atoms with E-state index in [1.165, 1.54) is 19.3 Å². The van der Waals surface area contributed by atoms with Gasteiger partial charge in [-0.1, -0.05) is 13.8 Å². The summed E-state index contributed by atoms with van der Waals surface area (Å²) in [4.78, 5) is 13.7. The van der Waals surface area contributed by atoms with Crippen LogP contribution in [0.3, 0.4) is 0 Å². The minimum Gasteiger partial charge on any atom is -0.354 e. The van der Waals surface area contributed by atoms with E-state index in [4.69, 9.17) is 0 Å². The zero-order valence-electron chi connectivity index (χ0n) is 9.76. The number of carbonyl (C=O) groups excluding carboxylic acids is 1. The number of likely N-dealkylation sites (N-methyl/N-ethyl adjacent to an activating group) is 1. The number of rotatable bonds is 4. The molecule has 3 heteroatoms. The molecule has 0 heterocycles. The molecule has 1 aliphatic carbocycles. The molecule has 0 aromatic carbocycles. The summed E-state index contributed by atoms with van der Waals surface area (Å²) >= 11 is 0. The van der Waals surface area contributed by atoms with Crippen LogP contribution in [0.4, 0.5) is 0 Å². The first-order chi connectivity index (χ1) is 6.48. The van der Waals surface area contributed by atoms with Gasteiger partial charge in [-0.05, 0) is 33.4 Å². The summed E-state index contributed by atoms with van der Waals surface area (Å²) in [6.45, 7) is 4.66. The lowest BCUT2D eigenvalue weighted by molar-refractivity contribution is -0.125. The molecule has 3 nitrogen and oxygen atoms in total. The van der Waals surface area contributed by atoms with Crippen molar-refractivity contribution in [3.63, 3.8) is 0 Å². The van der Waals surface area contributed by atoms with Gasteiger partial charge < -0.3 is 10.2 Å². The van der Waals surface area contributed by atoms with Gasteiger partial charge in [0.2, 0.25) is 5.91 Å². The standard InChI is InChI=1S/C11H22N2O/c1-9(2)10(14)12-8-11(13(3)4)6-5-7-11/h9H,5-8H2,1-4H3,(H,12,14). The van der Waals surface area contributed by atoms with Crippen molar-refractivity contribution in [3.8, 4) is 0 Å². The minimum atomic E-state index is 0.0919. The zero-order chi connectivity index (χ0) is 10.8. The van der Waals surface area contributed by atoms with Crippen LogP contribution in [0, 0.1) is 5.92 Å². The van der Waals surface area contributed by atoms with E-state index in [1.807, 2.05) is 13.8 Å². The first-order valence-electron chi connectivity index (χ1n) is 5.43. The van der Waals surface area contributed by atoms with E-state index < -0.39 is 0 Å². The Morgan fingerprint density at radius 3 is 2.29 bits per heavy atom. The van der Waals surface area contributed by atoms with Gasteiger partial charge >= 0.3 is 0 Å². The SMILES string of the molecule is CC(C)C(=O)NCC1(N(C)C)CCC1. The number of nitrogens with one attached hydrogen (secondary N) is 1. The third kappa shape index (κ3) is 2.27. The summed E-state index contributed by atoms with van der Waals surface area (Å²) in [5, 5.41) is 3.03. The molecule has 1 aliphatic rings. The Morgan fingerprint density at radius 2 is 2.00 bits per heavy atom. The maximum atomic E-state index is 11.4. The van der Waals surface area contributed by atoms with Gasteiger partial charge in [-0.2, -0.15) is 0 Å². The van der Waals surface area contributed by atoms with Crippen LogP contribution in [-0.4, -0.2) is 37.0 Å². The van der Waals surface area contributed by atoms with Gasteiger partial charge in [-0.25, -0.2) is 0 Å². The number of amides is 1. The molecular weight excluding hydrogens is 176 g/mol. The number of carbonyl (C=O) groups is 1. The quantitative estimate of drug-likeness (QED) is 0.737. The average molecular weight is 198 g/mol. The molecule has 0 radical (unpaired) electrons. The van der Waals surface area contributed by atoms with Gasteiger partial charge in [-0.15, -0.1) is 0 Å². The van der Waals surface area contributed by atoms with E-state index in [0.717, 1.165) is 6.54 Å². The highest BCUT2D eigenvalue weighted by Gasteiger charge is 2.39. The van der Waals surface area contributed by atoms with Crippen LogP contribution < -0.4 is 5.32 Å². The van der Waals surface area contributed by atoms with Crippen molar-refractivity contribution in [1.29, 1.82) is 0 Å². The molecular formula is C11H22N2O. The molecule has 0 unspecified atom stereocenters. The predicted octanol–water partition coefficient (Wildman–Crippen LogP) is 1.24. The summed E-state index contributed by atoms with van der Waals surface area (Å²) in [6, 6.07) is 0. The van der Waals surface area contributed by atoms with Crippen LogP contribution in [0.1, 0.15) is 33.1 Å². The van der Waals surface area contributed by atoms with E-state index in [-0.39, 0.29) is 17.4 Å². The molecule has 0 aliphatic heterocycles.